The predicted molar refractivity (Wildman–Crippen MR) is 103 cm³/mol. The summed E-state index contributed by atoms with van der Waals surface area (Å²) in [6.45, 7) is 2.32. The van der Waals surface area contributed by atoms with E-state index in [1.807, 2.05) is 55.6 Å². The summed E-state index contributed by atoms with van der Waals surface area (Å²) in [5.74, 6) is 0.290. The molecule has 3 aromatic rings. The van der Waals surface area contributed by atoms with Gasteiger partial charge in [0.1, 0.15) is 12.4 Å². The van der Waals surface area contributed by atoms with Gasteiger partial charge in [0.25, 0.3) is 0 Å². The molecule has 1 aliphatic heterocycles. The lowest BCUT2D eigenvalue weighted by atomic mass is 9.98. The molecule has 1 amide bonds. The van der Waals surface area contributed by atoms with E-state index >= 15 is 0 Å². The van der Waals surface area contributed by atoms with Crippen molar-refractivity contribution in [2.24, 2.45) is 0 Å². The van der Waals surface area contributed by atoms with E-state index in [2.05, 4.69) is 10.3 Å². The first-order valence-electron chi connectivity index (χ1n) is 8.39. The summed E-state index contributed by atoms with van der Waals surface area (Å²) in [5.41, 5.74) is 4.69. The monoisotopic (exact) mass is 364 g/mol. The Labute approximate surface area is 156 Å². The minimum atomic E-state index is -0.354. The van der Waals surface area contributed by atoms with Crippen LogP contribution in [0, 0.1) is 0 Å². The molecule has 0 aliphatic carbocycles. The lowest BCUT2D eigenvalue weighted by Crippen LogP contribution is -2.19. The molecule has 4 nitrogen and oxygen atoms in total. The van der Waals surface area contributed by atoms with Crippen molar-refractivity contribution >= 4 is 23.2 Å². The van der Waals surface area contributed by atoms with Crippen LogP contribution < -0.4 is 10.1 Å². The van der Waals surface area contributed by atoms with Crippen molar-refractivity contribution in [2.75, 3.05) is 5.32 Å². The Hall–Kier alpha value is -2.85. The van der Waals surface area contributed by atoms with Gasteiger partial charge in [0, 0.05) is 40.3 Å². The number of hydrogen-bond acceptors (Lipinski definition) is 3. The smallest absolute Gasteiger partial charge is 0.231 e. The average Bonchev–Trinajstić information content (AvgIpc) is 2.67. The number of anilines is 1. The molecule has 2 heterocycles. The van der Waals surface area contributed by atoms with Gasteiger partial charge < -0.3 is 10.1 Å². The Bertz CT molecular complexity index is 987. The number of halogens is 1. The number of carbonyl (C=O) groups is 1. The molecule has 0 saturated heterocycles. The first kappa shape index (κ1) is 16.6. The highest BCUT2D eigenvalue weighted by molar-refractivity contribution is 6.31. The molecule has 0 fully saturated rings. The Kier molecular flexibility index (Phi) is 4.35. The highest BCUT2D eigenvalue weighted by Gasteiger charge is 2.20. The molecular formula is C21H17ClN2O2. The number of aromatic nitrogens is 1. The Morgan fingerprint density at radius 2 is 2.04 bits per heavy atom. The fraction of sp³-hybridized carbons (Fsp3) is 0.143. The van der Waals surface area contributed by atoms with Crippen LogP contribution >= 0.6 is 11.6 Å². The minimum absolute atomic E-state index is 0.113. The Morgan fingerprint density at radius 3 is 2.88 bits per heavy atom. The summed E-state index contributed by atoms with van der Waals surface area (Å²) in [6, 6.07) is 15.1. The van der Waals surface area contributed by atoms with Gasteiger partial charge in [-0.25, -0.2) is 0 Å². The summed E-state index contributed by atoms with van der Waals surface area (Å²) in [7, 11) is 0. The van der Waals surface area contributed by atoms with Gasteiger partial charge in [-0.1, -0.05) is 29.8 Å². The molecule has 2 aromatic carbocycles. The number of nitrogens with one attached hydrogen (secondary N) is 1. The van der Waals surface area contributed by atoms with Crippen molar-refractivity contribution in [1.29, 1.82) is 0 Å². The van der Waals surface area contributed by atoms with Crippen molar-refractivity contribution in [3.05, 3.63) is 77.1 Å². The van der Waals surface area contributed by atoms with E-state index in [0.717, 1.165) is 28.0 Å². The highest BCUT2D eigenvalue weighted by atomic mass is 35.5. The van der Waals surface area contributed by atoms with Crippen molar-refractivity contribution in [2.45, 2.75) is 19.4 Å². The normalized spacial score (nSPS) is 13.2. The van der Waals surface area contributed by atoms with Crippen LogP contribution in [-0.2, 0) is 11.4 Å². The maximum absolute atomic E-state index is 12.6. The lowest BCUT2D eigenvalue weighted by Gasteiger charge is -2.21. The van der Waals surface area contributed by atoms with Crippen molar-refractivity contribution in [3.63, 3.8) is 0 Å². The molecule has 5 heteroatoms. The highest BCUT2D eigenvalue weighted by Crippen LogP contribution is 2.38. The minimum Gasteiger partial charge on any atom is -0.488 e. The molecule has 1 unspecified atom stereocenters. The molecule has 0 saturated carbocycles. The van der Waals surface area contributed by atoms with Crippen molar-refractivity contribution < 1.29 is 9.53 Å². The van der Waals surface area contributed by atoms with E-state index < -0.39 is 0 Å². The zero-order valence-electron chi connectivity index (χ0n) is 14.2. The second kappa shape index (κ2) is 6.81. The summed E-state index contributed by atoms with van der Waals surface area (Å²) < 4.78 is 5.82. The zero-order valence-corrected chi connectivity index (χ0v) is 15.0. The van der Waals surface area contributed by atoms with E-state index in [-0.39, 0.29) is 11.8 Å². The maximum Gasteiger partial charge on any atom is 0.231 e. The van der Waals surface area contributed by atoms with Crippen LogP contribution in [-0.4, -0.2) is 10.9 Å². The average molecular weight is 365 g/mol. The van der Waals surface area contributed by atoms with Crippen LogP contribution in [0.3, 0.4) is 0 Å². The second-order valence-electron chi connectivity index (χ2n) is 6.26. The number of amides is 1. The largest absolute Gasteiger partial charge is 0.488 e. The molecule has 1 aromatic heterocycles. The van der Waals surface area contributed by atoms with E-state index in [9.17, 15) is 4.79 Å². The molecule has 1 N–H and O–H groups in total. The van der Waals surface area contributed by atoms with Gasteiger partial charge in [-0.15, -0.1) is 0 Å². The van der Waals surface area contributed by atoms with E-state index in [4.69, 9.17) is 16.3 Å². The third-order valence-electron chi connectivity index (χ3n) is 4.59. The SMILES string of the molecule is CC(C(=O)Nc1ccc2c(c1)OCc1cnccc1-2)c1ccccc1Cl. The zero-order chi connectivity index (χ0) is 18.1. The third kappa shape index (κ3) is 3.04. The van der Waals surface area contributed by atoms with Crippen LogP contribution in [0.1, 0.15) is 24.0 Å². The van der Waals surface area contributed by atoms with Crippen LogP contribution in [0.5, 0.6) is 5.75 Å². The summed E-state index contributed by atoms with van der Waals surface area (Å²) in [4.78, 5) is 16.7. The molecular weight excluding hydrogens is 348 g/mol. The fourth-order valence-corrected chi connectivity index (χ4v) is 3.42. The number of nitrogens with zero attached hydrogens (tertiary/aromatic N) is 1. The number of ether oxygens (including phenoxy) is 1. The van der Waals surface area contributed by atoms with Gasteiger partial charge in [-0.3, -0.25) is 9.78 Å². The fourth-order valence-electron chi connectivity index (χ4n) is 3.12. The number of carbonyl (C=O) groups excluding carboxylic acids is 1. The topological polar surface area (TPSA) is 51.2 Å². The molecule has 4 rings (SSSR count). The maximum atomic E-state index is 12.6. The van der Waals surface area contributed by atoms with Gasteiger partial charge in [-0.2, -0.15) is 0 Å². The number of fused-ring (bicyclic) bond motifs is 3. The Balaban J connectivity index is 1.57. The number of benzene rings is 2. The van der Waals surface area contributed by atoms with E-state index in [1.54, 1.807) is 12.3 Å². The molecule has 1 aliphatic rings. The van der Waals surface area contributed by atoms with E-state index in [1.165, 1.54) is 0 Å². The van der Waals surface area contributed by atoms with Crippen LogP contribution in [0.2, 0.25) is 5.02 Å². The lowest BCUT2D eigenvalue weighted by molar-refractivity contribution is -0.117. The van der Waals surface area contributed by atoms with Crippen LogP contribution in [0.25, 0.3) is 11.1 Å². The van der Waals surface area contributed by atoms with Gasteiger partial charge in [0.2, 0.25) is 5.91 Å². The van der Waals surface area contributed by atoms with Crippen molar-refractivity contribution in [1.82, 2.24) is 4.98 Å². The summed E-state index contributed by atoms with van der Waals surface area (Å²) in [5, 5.41) is 3.54. The summed E-state index contributed by atoms with van der Waals surface area (Å²) >= 11 is 6.20. The number of rotatable bonds is 3. The standard InChI is InChI=1S/C21H17ClN2O2/c1-13(16-4-2-3-5-19(16)22)21(25)24-15-6-7-18-17-8-9-23-11-14(17)12-26-20(18)10-15/h2-11,13H,12H2,1H3,(H,24,25). The quantitative estimate of drug-likeness (QED) is 0.708. The Morgan fingerprint density at radius 1 is 1.19 bits per heavy atom. The molecule has 1 atom stereocenters. The first-order chi connectivity index (χ1) is 12.6. The molecule has 0 spiro atoms. The third-order valence-corrected chi connectivity index (χ3v) is 4.94. The predicted octanol–water partition coefficient (Wildman–Crippen LogP) is 5.04. The molecule has 0 radical (unpaired) electrons. The number of pyridine rings is 1. The van der Waals surface area contributed by atoms with Gasteiger partial charge in [0.15, 0.2) is 0 Å². The first-order valence-corrected chi connectivity index (χ1v) is 8.76. The van der Waals surface area contributed by atoms with Gasteiger partial charge >= 0.3 is 0 Å². The molecule has 26 heavy (non-hydrogen) atoms. The van der Waals surface area contributed by atoms with Crippen LogP contribution in [0.15, 0.2) is 60.9 Å². The van der Waals surface area contributed by atoms with Gasteiger partial charge in [0.05, 0.1) is 5.92 Å². The number of hydrogen-bond donors (Lipinski definition) is 1. The van der Waals surface area contributed by atoms with E-state index in [0.29, 0.717) is 17.3 Å². The molecule has 130 valence electrons. The van der Waals surface area contributed by atoms with Crippen molar-refractivity contribution in [3.8, 4) is 16.9 Å². The van der Waals surface area contributed by atoms with Gasteiger partial charge in [-0.05, 0) is 42.3 Å². The van der Waals surface area contributed by atoms with Crippen LogP contribution in [0.4, 0.5) is 5.69 Å². The second-order valence-corrected chi connectivity index (χ2v) is 6.67. The summed E-state index contributed by atoms with van der Waals surface area (Å²) in [6.07, 6.45) is 3.59. The molecule has 0 bridgehead atoms.